The van der Waals surface area contributed by atoms with Gasteiger partial charge in [0.1, 0.15) is 17.6 Å². The van der Waals surface area contributed by atoms with E-state index in [0.29, 0.717) is 17.5 Å². The van der Waals surface area contributed by atoms with Crippen molar-refractivity contribution in [3.05, 3.63) is 22.8 Å². The van der Waals surface area contributed by atoms with Gasteiger partial charge in [-0.3, -0.25) is 4.79 Å². The van der Waals surface area contributed by atoms with E-state index in [2.05, 4.69) is 13.8 Å². The normalized spacial score (nSPS) is 34.4. The summed E-state index contributed by atoms with van der Waals surface area (Å²) in [4.78, 5) is 13.1. The average Bonchev–Trinajstić information content (AvgIpc) is 2.81. The van der Waals surface area contributed by atoms with Crippen molar-refractivity contribution in [3.63, 3.8) is 0 Å². The molecule has 1 saturated heterocycles. The number of fused-ring (bicyclic) bond motifs is 1. The van der Waals surface area contributed by atoms with Crippen molar-refractivity contribution in [2.45, 2.75) is 70.5 Å². The summed E-state index contributed by atoms with van der Waals surface area (Å²) in [6.07, 6.45) is 1.72. The van der Waals surface area contributed by atoms with Gasteiger partial charge in [0.25, 0.3) is 0 Å². The Labute approximate surface area is 154 Å². The van der Waals surface area contributed by atoms with E-state index in [9.17, 15) is 15.0 Å². The molecule has 5 nitrogen and oxygen atoms in total. The van der Waals surface area contributed by atoms with E-state index in [4.69, 9.17) is 9.47 Å². The number of phenols is 2. The highest BCUT2D eigenvalue weighted by atomic mass is 16.6. The molecule has 0 radical (unpaired) electrons. The molecule has 142 valence electrons. The van der Waals surface area contributed by atoms with Crippen LogP contribution < -0.4 is 0 Å². The molecule has 1 heterocycles. The van der Waals surface area contributed by atoms with Gasteiger partial charge < -0.3 is 19.7 Å². The zero-order chi connectivity index (χ0) is 19.0. The van der Waals surface area contributed by atoms with Gasteiger partial charge in [-0.1, -0.05) is 34.1 Å². The molecule has 3 aliphatic rings. The topological polar surface area (TPSA) is 76.0 Å². The molecule has 2 bridgehead atoms. The van der Waals surface area contributed by atoms with Crippen molar-refractivity contribution >= 4 is 5.97 Å². The number of hydrogen-bond acceptors (Lipinski definition) is 5. The van der Waals surface area contributed by atoms with Crippen LogP contribution in [-0.2, 0) is 19.7 Å². The third-order valence-corrected chi connectivity index (χ3v) is 6.96. The first-order chi connectivity index (χ1) is 12.2. The van der Waals surface area contributed by atoms with Crippen molar-refractivity contribution in [2.75, 3.05) is 7.11 Å². The first kappa shape index (κ1) is 17.7. The maximum atomic E-state index is 13.1. The molecule has 1 aromatic carbocycles. The first-order valence-electron chi connectivity index (χ1n) is 9.50. The summed E-state index contributed by atoms with van der Waals surface area (Å²) in [6.45, 7) is 8.26. The van der Waals surface area contributed by atoms with E-state index in [1.807, 2.05) is 19.9 Å². The first-order valence-corrected chi connectivity index (χ1v) is 9.50. The van der Waals surface area contributed by atoms with E-state index >= 15 is 0 Å². The highest BCUT2D eigenvalue weighted by molar-refractivity contribution is 5.90. The molecular formula is C21H28O5. The maximum Gasteiger partial charge on any atom is 0.317 e. The number of esters is 1. The van der Waals surface area contributed by atoms with Gasteiger partial charge in [0.2, 0.25) is 0 Å². The lowest BCUT2D eigenvalue weighted by atomic mass is 9.49. The molecule has 2 fully saturated rings. The standard InChI is InChI=1S/C21H28O5/c1-10(2)11-9-12-13(15(23)14(11)22)21-8-6-7-20(3,4)18(21)17(16(12)25-5)26-19(21)24/h9-10,16-18,22-23H,6-8H2,1-5H3/t16-,17-,18+,21-/m1/s1. The number of carbonyl (C=O) groups excluding carboxylic acids is 1. The van der Waals surface area contributed by atoms with Gasteiger partial charge in [-0.15, -0.1) is 0 Å². The average molecular weight is 360 g/mol. The SMILES string of the molecule is CO[C@@H]1c2cc(C(C)C)c(O)c(O)c2[C@]23CCCC(C)(C)[C@@H]2[C@@H]1OC3=O. The van der Waals surface area contributed by atoms with Crippen LogP contribution >= 0.6 is 0 Å². The number of aromatic hydroxyl groups is 2. The lowest BCUT2D eigenvalue weighted by Crippen LogP contribution is -2.54. The summed E-state index contributed by atoms with van der Waals surface area (Å²) in [5.41, 5.74) is 0.968. The highest BCUT2D eigenvalue weighted by Gasteiger charge is 2.70. The molecule has 1 aromatic rings. The van der Waals surface area contributed by atoms with Crippen LogP contribution in [0.3, 0.4) is 0 Å². The van der Waals surface area contributed by atoms with Crippen molar-refractivity contribution in [1.82, 2.24) is 0 Å². The molecule has 5 heteroatoms. The molecule has 0 unspecified atom stereocenters. The fourth-order valence-electron chi connectivity index (χ4n) is 5.94. The molecule has 4 atom stereocenters. The van der Waals surface area contributed by atoms with Gasteiger partial charge in [-0.2, -0.15) is 0 Å². The largest absolute Gasteiger partial charge is 0.504 e. The second-order valence-electron chi connectivity index (χ2n) is 9.10. The van der Waals surface area contributed by atoms with Crippen LogP contribution in [0.5, 0.6) is 11.5 Å². The van der Waals surface area contributed by atoms with Gasteiger partial charge in [-0.25, -0.2) is 0 Å². The van der Waals surface area contributed by atoms with Crippen LogP contribution in [0, 0.1) is 11.3 Å². The zero-order valence-corrected chi connectivity index (χ0v) is 16.1. The Balaban J connectivity index is 2.08. The number of phenolic OH excluding ortho intramolecular Hbond substituents is 2. The molecular weight excluding hydrogens is 332 g/mol. The molecule has 0 spiro atoms. The van der Waals surface area contributed by atoms with Gasteiger partial charge in [-0.05, 0) is 35.8 Å². The zero-order valence-electron chi connectivity index (χ0n) is 16.1. The Kier molecular flexibility index (Phi) is 3.65. The van der Waals surface area contributed by atoms with Gasteiger partial charge in [0.05, 0.1) is 0 Å². The maximum absolute atomic E-state index is 13.1. The molecule has 4 rings (SSSR count). The molecule has 1 saturated carbocycles. The number of rotatable bonds is 2. The van der Waals surface area contributed by atoms with Crippen molar-refractivity contribution < 1.29 is 24.5 Å². The molecule has 0 amide bonds. The third kappa shape index (κ3) is 1.92. The van der Waals surface area contributed by atoms with Crippen molar-refractivity contribution in [2.24, 2.45) is 11.3 Å². The predicted octanol–water partition coefficient (Wildman–Crippen LogP) is 3.91. The second-order valence-corrected chi connectivity index (χ2v) is 9.10. The minimum absolute atomic E-state index is 0.0380. The summed E-state index contributed by atoms with van der Waals surface area (Å²) >= 11 is 0. The molecule has 2 N–H and O–H groups in total. The minimum Gasteiger partial charge on any atom is -0.504 e. The molecule has 26 heavy (non-hydrogen) atoms. The minimum atomic E-state index is -0.895. The van der Waals surface area contributed by atoms with E-state index in [1.54, 1.807) is 7.11 Å². The van der Waals surface area contributed by atoms with Crippen LogP contribution in [0.15, 0.2) is 6.07 Å². The van der Waals surface area contributed by atoms with E-state index in [1.165, 1.54) is 0 Å². The fourth-order valence-corrected chi connectivity index (χ4v) is 5.94. The quantitative estimate of drug-likeness (QED) is 0.618. The summed E-state index contributed by atoms with van der Waals surface area (Å²) in [7, 11) is 1.61. The van der Waals surface area contributed by atoms with Crippen LogP contribution in [0.25, 0.3) is 0 Å². The van der Waals surface area contributed by atoms with Gasteiger partial charge in [0, 0.05) is 24.2 Å². The molecule has 2 aliphatic carbocycles. The lowest BCUT2D eigenvalue weighted by Gasteiger charge is -2.52. The fraction of sp³-hybridized carbons (Fsp3) is 0.667. The smallest absolute Gasteiger partial charge is 0.317 e. The Morgan fingerprint density at radius 1 is 1.23 bits per heavy atom. The Hall–Kier alpha value is -1.75. The van der Waals surface area contributed by atoms with Crippen molar-refractivity contribution in [1.29, 1.82) is 0 Å². The van der Waals surface area contributed by atoms with Crippen LogP contribution in [0.1, 0.15) is 75.7 Å². The molecule has 0 aromatic heterocycles. The number of hydrogen-bond donors (Lipinski definition) is 2. The van der Waals surface area contributed by atoms with Crippen LogP contribution in [0.2, 0.25) is 0 Å². The lowest BCUT2D eigenvalue weighted by molar-refractivity contribution is -0.149. The molecule has 1 aliphatic heterocycles. The number of ether oxygens (including phenoxy) is 2. The van der Waals surface area contributed by atoms with Crippen LogP contribution in [-0.4, -0.2) is 29.4 Å². The summed E-state index contributed by atoms with van der Waals surface area (Å²) in [5.74, 6) is -0.621. The van der Waals surface area contributed by atoms with Gasteiger partial charge >= 0.3 is 5.97 Å². The summed E-state index contributed by atoms with van der Waals surface area (Å²) < 4.78 is 11.7. The number of methoxy groups -OCH3 is 1. The van der Waals surface area contributed by atoms with E-state index in [-0.39, 0.29) is 40.8 Å². The highest BCUT2D eigenvalue weighted by Crippen LogP contribution is 2.67. The van der Waals surface area contributed by atoms with Crippen LogP contribution in [0.4, 0.5) is 0 Å². The number of benzene rings is 1. The van der Waals surface area contributed by atoms with E-state index < -0.39 is 11.5 Å². The van der Waals surface area contributed by atoms with E-state index in [0.717, 1.165) is 18.4 Å². The van der Waals surface area contributed by atoms with Crippen molar-refractivity contribution in [3.8, 4) is 11.5 Å². The Morgan fingerprint density at radius 2 is 1.92 bits per heavy atom. The number of carbonyl (C=O) groups is 1. The Bertz CT molecular complexity index is 781. The monoisotopic (exact) mass is 360 g/mol. The Morgan fingerprint density at radius 3 is 2.54 bits per heavy atom. The summed E-state index contributed by atoms with van der Waals surface area (Å²) in [6, 6.07) is 1.90. The predicted molar refractivity (Wildman–Crippen MR) is 96.3 cm³/mol. The third-order valence-electron chi connectivity index (χ3n) is 6.96. The summed E-state index contributed by atoms with van der Waals surface area (Å²) in [5, 5.41) is 21.7. The van der Waals surface area contributed by atoms with Gasteiger partial charge in [0.15, 0.2) is 11.5 Å². The second kappa shape index (κ2) is 5.38.